The number of fused-ring (bicyclic) bond motifs is 18. The van der Waals surface area contributed by atoms with Gasteiger partial charge in [-0.3, -0.25) is 0 Å². The Balaban J connectivity index is 0.983. The summed E-state index contributed by atoms with van der Waals surface area (Å²) in [6.45, 7) is 0. The van der Waals surface area contributed by atoms with Gasteiger partial charge >= 0.3 is 0 Å². The molecule has 20 rings (SSSR count). The molecule has 1 spiro atoms. The van der Waals surface area contributed by atoms with Crippen molar-refractivity contribution in [2.45, 2.75) is 16.2 Å². The predicted octanol–water partition coefficient (Wildman–Crippen LogP) is 23.4. The van der Waals surface area contributed by atoms with Crippen molar-refractivity contribution in [3.05, 3.63) is 419 Å². The Kier molecular flexibility index (Phi) is 12.0. The van der Waals surface area contributed by atoms with Gasteiger partial charge in [-0.25, -0.2) is 0 Å². The Morgan fingerprint density at radius 1 is 0.196 bits per heavy atom. The number of nitrogens with zero attached hydrogens (tertiary/aromatic N) is 2. The van der Waals surface area contributed by atoms with Crippen LogP contribution in [0.25, 0.3) is 88.0 Å². The second-order valence-electron chi connectivity index (χ2n) is 26.9. The summed E-state index contributed by atoms with van der Waals surface area (Å²) in [5.74, 6) is 0. The van der Waals surface area contributed by atoms with Crippen LogP contribution in [-0.4, -0.2) is 14.1 Å². The van der Waals surface area contributed by atoms with Crippen LogP contribution in [0.5, 0.6) is 0 Å². The lowest BCUT2D eigenvalue weighted by Gasteiger charge is -2.46. The molecule has 0 amide bonds. The number of hydrogen-bond donors (Lipinski definition) is 0. The van der Waals surface area contributed by atoms with Gasteiger partial charge in [0.15, 0.2) is 0 Å². The van der Waals surface area contributed by atoms with Crippen LogP contribution in [0, 0.1) is 0 Å². The zero-order chi connectivity index (χ0) is 64.1. The minimum atomic E-state index is -0.727. The van der Waals surface area contributed by atoms with E-state index in [1.807, 2.05) is 0 Å². The number of rotatable bonds is 7. The van der Waals surface area contributed by atoms with Gasteiger partial charge in [0.05, 0.1) is 16.2 Å². The topological polar surface area (TPSA) is 6.48 Å². The van der Waals surface area contributed by atoms with Gasteiger partial charge in [0.2, 0.25) is 0 Å². The van der Waals surface area contributed by atoms with Crippen LogP contribution in [0.4, 0.5) is 22.7 Å². The highest BCUT2D eigenvalue weighted by molar-refractivity contribution is 6.23. The third kappa shape index (κ3) is 7.29. The first kappa shape index (κ1) is 55.4. The summed E-state index contributed by atoms with van der Waals surface area (Å²) in [6, 6.07) is 134. The molecule has 2 nitrogen and oxygen atoms in total. The molecule has 0 N–H and O–H groups in total. The van der Waals surface area contributed by atoms with E-state index in [9.17, 15) is 0 Å². The van der Waals surface area contributed by atoms with E-state index in [4.69, 9.17) is 0 Å². The summed E-state index contributed by atoms with van der Waals surface area (Å²) < 4.78 is 0. The van der Waals surface area contributed by atoms with Crippen molar-refractivity contribution in [3.8, 4) is 55.6 Å². The van der Waals surface area contributed by atoms with Crippen LogP contribution in [0.3, 0.4) is 0 Å². The van der Waals surface area contributed by atoms with Crippen molar-refractivity contribution >= 4 is 55.1 Å². The van der Waals surface area contributed by atoms with Crippen LogP contribution in [0.1, 0.15) is 66.8 Å². The predicted molar refractivity (Wildman–Crippen MR) is 404 cm³/mol. The molecule has 4 aliphatic rings. The number of anilines is 4. The molecule has 454 valence electrons. The average Bonchev–Trinajstić information content (AvgIpc) is 1.58. The largest absolute Gasteiger partial charge is 0.344 e. The summed E-state index contributed by atoms with van der Waals surface area (Å²) in [4.78, 5) is 4.88. The monoisotopic (exact) mass is 1230 g/mol. The van der Waals surface area contributed by atoms with Crippen molar-refractivity contribution in [2.75, 3.05) is 23.9 Å². The standard InChI is InChI=1S/C95H64N2/c1-96-84-55-25-23-53-82(84)93(62-32-7-3-8-33-62,63-34-9-4-10-35-63)90-73(48-29-57-86(90)96)67-44-27-46-71-76(67)60-77-68(74-49-30-58-87-91(74)94(64-36-11-5-12-37-64,65-38-13-6-14-39-65)83-54-24-26-56-85(83)97(87)2)45-28-47-72(77)88(71)78-59-61-31-15-16-40-66(61)89-75-43-19-22-52-81(75)95(92(78)89)79-50-20-17-41-69(79)70-42-18-21-51-80(70)95/h3-60H,1-2H3. The number of para-hydroxylation sites is 2. The summed E-state index contributed by atoms with van der Waals surface area (Å²) in [5, 5.41) is 7.24. The molecule has 0 atom stereocenters. The molecule has 0 saturated heterocycles. The van der Waals surface area contributed by atoms with E-state index in [-0.39, 0.29) is 0 Å². The molecular weight excluding hydrogens is 1170 g/mol. The van der Waals surface area contributed by atoms with Gasteiger partial charge in [-0.05, 0) is 180 Å². The minimum Gasteiger partial charge on any atom is -0.344 e. The molecule has 0 saturated carbocycles. The first-order valence-electron chi connectivity index (χ1n) is 34.0. The first-order chi connectivity index (χ1) is 48.0. The molecule has 16 aromatic carbocycles. The second-order valence-corrected chi connectivity index (χ2v) is 26.9. The maximum atomic E-state index is 2.60. The molecule has 16 aromatic rings. The highest BCUT2D eigenvalue weighted by Gasteiger charge is 2.54. The van der Waals surface area contributed by atoms with Gasteiger partial charge in [-0.1, -0.05) is 315 Å². The lowest BCUT2D eigenvalue weighted by Crippen LogP contribution is -2.38. The van der Waals surface area contributed by atoms with Gasteiger partial charge in [0, 0.05) is 48.0 Å². The molecule has 2 aliphatic carbocycles. The van der Waals surface area contributed by atoms with Crippen molar-refractivity contribution in [1.82, 2.24) is 0 Å². The van der Waals surface area contributed by atoms with Crippen LogP contribution in [0.2, 0.25) is 0 Å². The molecular formula is C95H64N2. The molecule has 0 fully saturated rings. The van der Waals surface area contributed by atoms with Gasteiger partial charge in [0.25, 0.3) is 0 Å². The highest BCUT2D eigenvalue weighted by atomic mass is 15.1. The molecule has 2 heterocycles. The minimum absolute atomic E-state index is 0.662. The van der Waals surface area contributed by atoms with Gasteiger partial charge in [-0.2, -0.15) is 0 Å². The fraction of sp³-hybridized carbons (Fsp3) is 0.0526. The maximum Gasteiger partial charge on any atom is 0.0748 e. The third-order valence-electron chi connectivity index (χ3n) is 22.6. The Morgan fingerprint density at radius 2 is 0.526 bits per heavy atom. The zero-order valence-corrected chi connectivity index (χ0v) is 53.9. The summed E-state index contributed by atoms with van der Waals surface area (Å²) in [5.41, 5.74) is 30.1. The van der Waals surface area contributed by atoms with E-state index in [1.54, 1.807) is 0 Å². The summed E-state index contributed by atoms with van der Waals surface area (Å²) in [7, 11) is 4.52. The molecule has 0 radical (unpaired) electrons. The van der Waals surface area contributed by atoms with E-state index in [2.05, 4.69) is 376 Å². The van der Waals surface area contributed by atoms with Gasteiger partial charge in [-0.15, -0.1) is 0 Å². The fourth-order valence-corrected chi connectivity index (χ4v) is 19.0. The lowest BCUT2D eigenvalue weighted by molar-refractivity contribution is 0.729. The van der Waals surface area contributed by atoms with Crippen LogP contribution < -0.4 is 9.80 Å². The van der Waals surface area contributed by atoms with Crippen LogP contribution >= 0.6 is 0 Å². The van der Waals surface area contributed by atoms with Crippen LogP contribution in [-0.2, 0) is 16.2 Å². The average molecular weight is 1230 g/mol. The van der Waals surface area contributed by atoms with Gasteiger partial charge in [0.1, 0.15) is 0 Å². The van der Waals surface area contributed by atoms with Crippen molar-refractivity contribution in [3.63, 3.8) is 0 Å². The van der Waals surface area contributed by atoms with Crippen molar-refractivity contribution in [2.24, 2.45) is 0 Å². The van der Waals surface area contributed by atoms with E-state index in [1.165, 1.54) is 177 Å². The molecule has 2 heteroatoms. The van der Waals surface area contributed by atoms with Gasteiger partial charge < -0.3 is 9.80 Å². The molecule has 0 unspecified atom stereocenters. The molecule has 0 bridgehead atoms. The Hall–Kier alpha value is -12.1. The number of hydrogen-bond acceptors (Lipinski definition) is 2. The molecule has 97 heavy (non-hydrogen) atoms. The number of benzene rings is 16. The smallest absolute Gasteiger partial charge is 0.0748 e. The van der Waals surface area contributed by atoms with Crippen molar-refractivity contribution in [1.29, 1.82) is 0 Å². The zero-order valence-electron chi connectivity index (χ0n) is 53.9. The Morgan fingerprint density at radius 3 is 0.990 bits per heavy atom. The van der Waals surface area contributed by atoms with E-state index < -0.39 is 16.2 Å². The SMILES string of the molecule is CN1c2ccccc2C(c2ccccc2)(c2ccccc2)c2c(-c3cccc4c(-c5cc6ccccc6c6c5C5(c7ccccc7-c7ccccc75)c5ccccc5-6)c5cccc(-c6cccc7c6C(c6ccccc6)(c6ccccc6)c6ccccc6N7C)c5cc34)cccc21. The third-order valence-corrected chi connectivity index (χ3v) is 22.6. The normalized spacial score (nSPS) is 14.5. The highest BCUT2D eigenvalue weighted by Crippen LogP contribution is 2.68. The fourth-order valence-electron chi connectivity index (χ4n) is 19.0. The first-order valence-corrected chi connectivity index (χ1v) is 34.0. The Bertz CT molecular complexity index is 5560. The second kappa shape index (κ2) is 20.9. The van der Waals surface area contributed by atoms with E-state index in [0.29, 0.717) is 0 Å². The maximum absolute atomic E-state index is 2.60. The summed E-state index contributed by atoms with van der Waals surface area (Å²) >= 11 is 0. The van der Waals surface area contributed by atoms with Crippen molar-refractivity contribution < 1.29 is 0 Å². The quantitative estimate of drug-likeness (QED) is 0.147. The summed E-state index contributed by atoms with van der Waals surface area (Å²) in [6.07, 6.45) is 0. The van der Waals surface area contributed by atoms with E-state index >= 15 is 0 Å². The van der Waals surface area contributed by atoms with Crippen LogP contribution in [0.15, 0.2) is 352 Å². The molecule has 0 aromatic heterocycles. The van der Waals surface area contributed by atoms with E-state index in [0.717, 1.165) is 0 Å². The molecule has 2 aliphatic heterocycles. The Labute approximate surface area is 565 Å². The lowest BCUT2D eigenvalue weighted by atomic mass is 9.60.